The van der Waals surface area contributed by atoms with Crippen molar-refractivity contribution >= 4 is 10.1 Å². The highest BCUT2D eigenvalue weighted by atomic mass is 32.2. The van der Waals surface area contributed by atoms with Crippen LogP contribution in [0.15, 0.2) is 23.1 Å². The van der Waals surface area contributed by atoms with Gasteiger partial charge in [0.25, 0.3) is 10.1 Å². The van der Waals surface area contributed by atoms with E-state index in [-0.39, 0.29) is 4.90 Å². The topological polar surface area (TPSA) is 54.4 Å². The number of hydrogen-bond acceptors (Lipinski definition) is 2. The van der Waals surface area contributed by atoms with E-state index in [0.717, 1.165) is 29.9 Å². The number of aryl methyl sites for hydroxylation is 2. The Kier molecular flexibility index (Phi) is 6.01. The van der Waals surface area contributed by atoms with Crippen molar-refractivity contribution in [3.05, 3.63) is 29.3 Å². The van der Waals surface area contributed by atoms with Gasteiger partial charge in [0.15, 0.2) is 0 Å². The summed E-state index contributed by atoms with van der Waals surface area (Å²) >= 11 is 0. The van der Waals surface area contributed by atoms with E-state index in [0.29, 0.717) is 6.42 Å². The normalized spacial score (nSPS) is 13.5. The molecule has 1 atom stereocenters. The summed E-state index contributed by atoms with van der Waals surface area (Å²) in [6, 6.07) is 5.06. The van der Waals surface area contributed by atoms with Gasteiger partial charge in [-0.1, -0.05) is 50.8 Å². The summed E-state index contributed by atoms with van der Waals surface area (Å²) in [6.45, 7) is 6.34. The number of rotatable bonds is 7. The Bertz CT molecular complexity index is 506. The first kappa shape index (κ1) is 16.2. The second-order valence-corrected chi connectivity index (χ2v) is 6.74. The van der Waals surface area contributed by atoms with Crippen molar-refractivity contribution in [2.75, 3.05) is 0 Å². The standard InChI is InChI=1S/C15H24O3S/c1-4-12(2)7-5-6-8-14-11-13(3)9-10-15(14)19(16,17)18/h9-12H,4-8H2,1-3H3,(H,16,17,18). The van der Waals surface area contributed by atoms with E-state index in [1.807, 2.05) is 13.0 Å². The zero-order valence-electron chi connectivity index (χ0n) is 12.0. The Morgan fingerprint density at radius 1 is 1.26 bits per heavy atom. The molecule has 0 fully saturated rings. The molecule has 0 aromatic heterocycles. The van der Waals surface area contributed by atoms with Crippen LogP contribution in [0.4, 0.5) is 0 Å². The van der Waals surface area contributed by atoms with Crippen LogP contribution >= 0.6 is 0 Å². The minimum atomic E-state index is -4.11. The molecular formula is C15H24O3S. The fraction of sp³-hybridized carbons (Fsp3) is 0.600. The monoisotopic (exact) mass is 284 g/mol. The summed E-state index contributed by atoms with van der Waals surface area (Å²) < 4.78 is 31.8. The number of benzene rings is 1. The molecule has 1 aromatic rings. The minimum Gasteiger partial charge on any atom is -0.282 e. The maximum atomic E-state index is 11.3. The second kappa shape index (κ2) is 7.06. The predicted molar refractivity (Wildman–Crippen MR) is 78.0 cm³/mol. The molecule has 1 unspecified atom stereocenters. The van der Waals surface area contributed by atoms with Crippen LogP contribution in [0.1, 0.15) is 50.7 Å². The van der Waals surface area contributed by atoms with E-state index in [2.05, 4.69) is 13.8 Å². The minimum absolute atomic E-state index is 0.0571. The molecule has 1 rings (SSSR count). The van der Waals surface area contributed by atoms with Gasteiger partial charge in [-0.15, -0.1) is 0 Å². The predicted octanol–water partition coefficient (Wildman–Crippen LogP) is 4.00. The fourth-order valence-corrected chi connectivity index (χ4v) is 2.90. The lowest BCUT2D eigenvalue weighted by atomic mass is 9.99. The lowest BCUT2D eigenvalue weighted by Crippen LogP contribution is -2.04. The summed E-state index contributed by atoms with van der Waals surface area (Å²) in [6.07, 6.45) is 5.10. The molecule has 0 aliphatic carbocycles. The Labute approximate surface area is 116 Å². The first-order chi connectivity index (χ1) is 8.84. The Hall–Kier alpha value is -0.870. The molecule has 0 bridgehead atoms. The van der Waals surface area contributed by atoms with Crippen LogP contribution in [0.25, 0.3) is 0 Å². The van der Waals surface area contributed by atoms with Crippen molar-refractivity contribution < 1.29 is 13.0 Å². The van der Waals surface area contributed by atoms with E-state index in [4.69, 9.17) is 0 Å². The van der Waals surface area contributed by atoms with E-state index >= 15 is 0 Å². The van der Waals surface area contributed by atoms with Crippen LogP contribution in [0.5, 0.6) is 0 Å². The Morgan fingerprint density at radius 3 is 2.53 bits per heavy atom. The molecule has 0 aliphatic heterocycles. The zero-order chi connectivity index (χ0) is 14.5. The first-order valence-corrected chi connectivity index (χ1v) is 8.35. The fourth-order valence-electron chi connectivity index (χ4n) is 2.17. The van der Waals surface area contributed by atoms with Gasteiger partial charge in [-0.05, 0) is 37.3 Å². The van der Waals surface area contributed by atoms with Crippen molar-refractivity contribution in [3.8, 4) is 0 Å². The largest absolute Gasteiger partial charge is 0.294 e. The van der Waals surface area contributed by atoms with E-state index in [1.165, 1.54) is 18.9 Å². The van der Waals surface area contributed by atoms with Crippen LogP contribution in [-0.2, 0) is 16.5 Å². The molecule has 4 heteroatoms. The van der Waals surface area contributed by atoms with Gasteiger partial charge in [0, 0.05) is 0 Å². The van der Waals surface area contributed by atoms with E-state index < -0.39 is 10.1 Å². The van der Waals surface area contributed by atoms with Crippen LogP contribution in [-0.4, -0.2) is 13.0 Å². The van der Waals surface area contributed by atoms with Crippen LogP contribution < -0.4 is 0 Å². The van der Waals surface area contributed by atoms with Crippen LogP contribution in [0.3, 0.4) is 0 Å². The molecule has 1 N–H and O–H groups in total. The Balaban J connectivity index is 2.70. The lowest BCUT2D eigenvalue weighted by molar-refractivity contribution is 0.477. The highest BCUT2D eigenvalue weighted by Gasteiger charge is 2.14. The molecule has 0 heterocycles. The van der Waals surface area contributed by atoms with Gasteiger partial charge in [-0.2, -0.15) is 8.42 Å². The highest BCUT2D eigenvalue weighted by molar-refractivity contribution is 7.85. The Morgan fingerprint density at radius 2 is 1.95 bits per heavy atom. The van der Waals surface area contributed by atoms with Gasteiger partial charge < -0.3 is 0 Å². The maximum Gasteiger partial charge on any atom is 0.294 e. The third-order valence-electron chi connectivity index (χ3n) is 3.58. The molecule has 0 amide bonds. The summed E-state index contributed by atoms with van der Waals surface area (Å²) in [5.41, 5.74) is 1.75. The van der Waals surface area contributed by atoms with Crippen molar-refractivity contribution in [2.24, 2.45) is 5.92 Å². The van der Waals surface area contributed by atoms with Crippen LogP contribution in [0, 0.1) is 12.8 Å². The SMILES string of the molecule is CCC(C)CCCCc1cc(C)ccc1S(=O)(=O)O. The van der Waals surface area contributed by atoms with Gasteiger partial charge in [0.1, 0.15) is 0 Å². The van der Waals surface area contributed by atoms with E-state index in [9.17, 15) is 13.0 Å². The average molecular weight is 284 g/mol. The highest BCUT2D eigenvalue weighted by Crippen LogP contribution is 2.20. The smallest absolute Gasteiger partial charge is 0.282 e. The molecule has 0 aliphatic rings. The van der Waals surface area contributed by atoms with Gasteiger partial charge in [-0.3, -0.25) is 4.55 Å². The maximum absolute atomic E-state index is 11.3. The number of unbranched alkanes of at least 4 members (excludes halogenated alkanes) is 1. The second-order valence-electron chi connectivity index (χ2n) is 5.35. The molecule has 0 saturated carbocycles. The van der Waals surface area contributed by atoms with Crippen molar-refractivity contribution in [2.45, 2.75) is 57.8 Å². The molecule has 0 radical (unpaired) electrons. The molecule has 0 saturated heterocycles. The van der Waals surface area contributed by atoms with Crippen molar-refractivity contribution in [3.63, 3.8) is 0 Å². The third kappa shape index (κ3) is 5.33. The summed E-state index contributed by atoms with van der Waals surface area (Å²) in [5.74, 6) is 0.721. The van der Waals surface area contributed by atoms with E-state index in [1.54, 1.807) is 6.07 Å². The quantitative estimate of drug-likeness (QED) is 0.608. The molecule has 19 heavy (non-hydrogen) atoms. The van der Waals surface area contributed by atoms with Gasteiger partial charge in [-0.25, -0.2) is 0 Å². The molecular weight excluding hydrogens is 260 g/mol. The van der Waals surface area contributed by atoms with Crippen LogP contribution in [0.2, 0.25) is 0 Å². The summed E-state index contributed by atoms with van der Waals surface area (Å²) in [7, 11) is -4.11. The average Bonchev–Trinajstić information content (AvgIpc) is 2.32. The lowest BCUT2D eigenvalue weighted by Gasteiger charge is -2.10. The molecule has 3 nitrogen and oxygen atoms in total. The van der Waals surface area contributed by atoms with Crippen molar-refractivity contribution in [1.29, 1.82) is 0 Å². The summed E-state index contributed by atoms with van der Waals surface area (Å²) in [5, 5.41) is 0. The zero-order valence-corrected chi connectivity index (χ0v) is 12.8. The summed E-state index contributed by atoms with van der Waals surface area (Å²) in [4.78, 5) is 0.0571. The third-order valence-corrected chi connectivity index (χ3v) is 4.54. The van der Waals surface area contributed by atoms with Crippen molar-refractivity contribution in [1.82, 2.24) is 0 Å². The van der Waals surface area contributed by atoms with Gasteiger partial charge in [0.2, 0.25) is 0 Å². The molecule has 0 spiro atoms. The number of hydrogen-bond donors (Lipinski definition) is 1. The van der Waals surface area contributed by atoms with Gasteiger partial charge >= 0.3 is 0 Å². The molecule has 1 aromatic carbocycles. The van der Waals surface area contributed by atoms with Gasteiger partial charge in [0.05, 0.1) is 4.90 Å². The first-order valence-electron chi connectivity index (χ1n) is 6.91. The molecule has 108 valence electrons.